The molecule has 0 fully saturated rings. The standard InChI is InChI=1S/C24H32FNO/c1-3-26(4-2)18-8-17-24(27)22-11-6-5-9-19(22)10-7-12-23(24)20-13-15-21(25)16-14-20/h5-6,9,11,13-16,23,27H,3-4,7-8,10,12,17-18H2,1-2H3/t23-,24-/m1/s1. The van der Waals surface area contributed by atoms with Gasteiger partial charge in [-0.2, -0.15) is 0 Å². The lowest BCUT2D eigenvalue weighted by Crippen LogP contribution is -2.35. The van der Waals surface area contributed by atoms with Gasteiger partial charge in [0.05, 0.1) is 5.60 Å². The summed E-state index contributed by atoms with van der Waals surface area (Å²) in [7, 11) is 0. The van der Waals surface area contributed by atoms with Gasteiger partial charge in [-0.05, 0) is 80.6 Å². The number of nitrogens with zero attached hydrogens (tertiary/aromatic N) is 1. The molecule has 27 heavy (non-hydrogen) atoms. The third-order valence-corrected chi connectivity index (χ3v) is 6.20. The van der Waals surface area contributed by atoms with Crippen LogP contribution in [0.25, 0.3) is 0 Å². The van der Waals surface area contributed by atoms with Gasteiger partial charge < -0.3 is 10.0 Å². The van der Waals surface area contributed by atoms with Crippen LogP contribution in [0.2, 0.25) is 0 Å². The van der Waals surface area contributed by atoms with E-state index < -0.39 is 5.60 Å². The third kappa shape index (κ3) is 4.41. The maximum Gasteiger partial charge on any atom is 0.123 e. The molecule has 0 amide bonds. The summed E-state index contributed by atoms with van der Waals surface area (Å²) >= 11 is 0. The van der Waals surface area contributed by atoms with Gasteiger partial charge in [-0.15, -0.1) is 0 Å². The molecule has 0 aliphatic heterocycles. The Morgan fingerprint density at radius 1 is 1.07 bits per heavy atom. The smallest absolute Gasteiger partial charge is 0.123 e. The molecule has 1 N–H and O–H groups in total. The first-order valence-corrected chi connectivity index (χ1v) is 10.4. The fraction of sp³-hybridized carbons (Fsp3) is 0.500. The summed E-state index contributed by atoms with van der Waals surface area (Å²) < 4.78 is 13.5. The molecule has 2 atom stereocenters. The van der Waals surface area contributed by atoms with Crippen molar-refractivity contribution in [2.75, 3.05) is 19.6 Å². The first kappa shape index (κ1) is 20.0. The molecule has 1 aliphatic rings. The lowest BCUT2D eigenvalue weighted by Gasteiger charge is -2.37. The van der Waals surface area contributed by atoms with Crippen molar-refractivity contribution in [3.05, 3.63) is 71.0 Å². The van der Waals surface area contributed by atoms with Crippen LogP contribution in [-0.4, -0.2) is 29.6 Å². The van der Waals surface area contributed by atoms with E-state index in [-0.39, 0.29) is 11.7 Å². The van der Waals surface area contributed by atoms with E-state index in [0.29, 0.717) is 0 Å². The normalized spacial score (nSPS) is 22.5. The quantitative estimate of drug-likeness (QED) is 0.673. The highest BCUT2D eigenvalue weighted by Crippen LogP contribution is 2.47. The summed E-state index contributed by atoms with van der Waals surface area (Å²) in [6.45, 7) is 7.42. The number of fused-ring (bicyclic) bond motifs is 1. The van der Waals surface area contributed by atoms with Crippen LogP contribution in [0.5, 0.6) is 0 Å². The molecular formula is C24H32FNO. The summed E-state index contributed by atoms with van der Waals surface area (Å²) in [6, 6.07) is 15.1. The van der Waals surface area contributed by atoms with Crippen LogP contribution < -0.4 is 0 Å². The topological polar surface area (TPSA) is 23.5 Å². The van der Waals surface area contributed by atoms with Gasteiger partial charge in [0.2, 0.25) is 0 Å². The van der Waals surface area contributed by atoms with Crippen molar-refractivity contribution in [3.63, 3.8) is 0 Å². The zero-order chi connectivity index (χ0) is 19.3. The van der Waals surface area contributed by atoms with Crippen LogP contribution in [0, 0.1) is 5.82 Å². The van der Waals surface area contributed by atoms with E-state index in [9.17, 15) is 9.50 Å². The molecule has 146 valence electrons. The van der Waals surface area contributed by atoms with Gasteiger partial charge in [0, 0.05) is 5.92 Å². The Bertz CT molecular complexity index is 725. The van der Waals surface area contributed by atoms with Crippen LogP contribution in [0.15, 0.2) is 48.5 Å². The number of rotatable bonds is 7. The fourth-order valence-electron chi connectivity index (χ4n) is 4.64. The van der Waals surface area contributed by atoms with Crippen molar-refractivity contribution in [2.24, 2.45) is 0 Å². The van der Waals surface area contributed by atoms with Crippen molar-refractivity contribution in [3.8, 4) is 0 Å². The Kier molecular flexibility index (Phi) is 6.67. The Hall–Kier alpha value is -1.71. The summed E-state index contributed by atoms with van der Waals surface area (Å²) in [4.78, 5) is 2.40. The van der Waals surface area contributed by atoms with Gasteiger partial charge in [0.1, 0.15) is 5.82 Å². The molecule has 0 radical (unpaired) electrons. The molecule has 1 aliphatic carbocycles. The summed E-state index contributed by atoms with van der Waals surface area (Å²) in [5.74, 6) is -0.226. The average molecular weight is 370 g/mol. The highest BCUT2D eigenvalue weighted by atomic mass is 19.1. The minimum Gasteiger partial charge on any atom is -0.385 e. The molecule has 0 spiro atoms. The number of hydrogen-bond acceptors (Lipinski definition) is 2. The minimum atomic E-state index is -0.905. The molecule has 2 aromatic rings. The number of hydrogen-bond donors (Lipinski definition) is 1. The monoisotopic (exact) mass is 369 g/mol. The highest BCUT2D eigenvalue weighted by molar-refractivity contribution is 5.38. The number of benzene rings is 2. The van der Waals surface area contributed by atoms with Crippen molar-refractivity contribution >= 4 is 0 Å². The predicted molar refractivity (Wildman–Crippen MR) is 109 cm³/mol. The van der Waals surface area contributed by atoms with E-state index >= 15 is 0 Å². The van der Waals surface area contributed by atoms with E-state index in [4.69, 9.17) is 0 Å². The predicted octanol–water partition coefficient (Wildman–Crippen LogP) is 5.26. The van der Waals surface area contributed by atoms with Crippen LogP contribution >= 0.6 is 0 Å². The minimum absolute atomic E-state index is 0.00143. The fourth-order valence-corrected chi connectivity index (χ4v) is 4.64. The van der Waals surface area contributed by atoms with Gasteiger partial charge in [0.25, 0.3) is 0 Å². The molecule has 2 nitrogen and oxygen atoms in total. The van der Waals surface area contributed by atoms with E-state index in [1.807, 2.05) is 18.2 Å². The Morgan fingerprint density at radius 2 is 1.78 bits per heavy atom. The Balaban J connectivity index is 1.94. The SMILES string of the molecule is CCN(CC)CCC[C@@]1(O)c2ccccc2CCC[C@@H]1c1ccc(F)cc1. The molecular weight excluding hydrogens is 337 g/mol. The lowest BCUT2D eigenvalue weighted by atomic mass is 9.73. The van der Waals surface area contributed by atoms with E-state index in [1.165, 1.54) is 17.7 Å². The van der Waals surface area contributed by atoms with Gasteiger partial charge in [0.15, 0.2) is 0 Å². The van der Waals surface area contributed by atoms with E-state index in [2.05, 4.69) is 36.9 Å². The second-order valence-electron chi connectivity index (χ2n) is 7.71. The molecule has 0 saturated heterocycles. The van der Waals surface area contributed by atoms with Crippen LogP contribution in [-0.2, 0) is 12.0 Å². The summed E-state index contributed by atoms with van der Waals surface area (Å²) in [5, 5.41) is 12.0. The van der Waals surface area contributed by atoms with E-state index in [0.717, 1.165) is 62.9 Å². The maximum atomic E-state index is 13.5. The molecule has 0 unspecified atom stereocenters. The van der Waals surface area contributed by atoms with Crippen molar-refractivity contribution < 1.29 is 9.50 Å². The Labute approximate surface area is 163 Å². The van der Waals surface area contributed by atoms with Crippen molar-refractivity contribution in [1.82, 2.24) is 4.90 Å². The lowest BCUT2D eigenvalue weighted by molar-refractivity contribution is -0.00672. The van der Waals surface area contributed by atoms with Gasteiger partial charge in [-0.3, -0.25) is 0 Å². The molecule has 2 aromatic carbocycles. The second kappa shape index (κ2) is 8.99. The van der Waals surface area contributed by atoms with Gasteiger partial charge in [-0.25, -0.2) is 4.39 Å². The van der Waals surface area contributed by atoms with Gasteiger partial charge in [-0.1, -0.05) is 50.2 Å². The zero-order valence-corrected chi connectivity index (χ0v) is 16.6. The second-order valence-corrected chi connectivity index (χ2v) is 7.71. The average Bonchev–Trinajstić information content (AvgIpc) is 2.83. The number of aliphatic hydroxyl groups is 1. The molecule has 3 rings (SSSR count). The van der Waals surface area contributed by atoms with Gasteiger partial charge >= 0.3 is 0 Å². The van der Waals surface area contributed by atoms with Crippen LogP contribution in [0.4, 0.5) is 4.39 Å². The van der Waals surface area contributed by atoms with Crippen molar-refractivity contribution in [1.29, 1.82) is 0 Å². The van der Waals surface area contributed by atoms with Crippen molar-refractivity contribution in [2.45, 2.75) is 57.5 Å². The van der Waals surface area contributed by atoms with Crippen LogP contribution in [0.3, 0.4) is 0 Å². The number of aryl methyl sites for hydroxylation is 1. The largest absolute Gasteiger partial charge is 0.385 e. The van der Waals surface area contributed by atoms with E-state index in [1.54, 1.807) is 0 Å². The zero-order valence-electron chi connectivity index (χ0n) is 16.6. The first-order chi connectivity index (χ1) is 13.1. The highest BCUT2D eigenvalue weighted by Gasteiger charge is 2.41. The molecule has 3 heteroatoms. The summed E-state index contributed by atoms with van der Waals surface area (Å²) in [6.07, 6.45) is 4.62. The molecule has 0 saturated carbocycles. The number of halogens is 1. The molecule has 0 heterocycles. The summed E-state index contributed by atoms with van der Waals surface area (Å²) in [5.41, 5.74) is 2.46. The third-order valence-electron chi connectivity index (χ3n) is 6.20. The molecule has 0 bridgehead atoms. The Morgan fingerprint density at radius 3 is 2.48 bits per heavy atom. The maximum absolute atomic E-state index is 13.5. The van der Waals surface area contributed by atoms with Crippen LogP contribution in [0.1, 0.15) is 62.1 Å². The molecule has 0 aromatic heterocycles. The first-order valence-electron chi connectivity index (χ1n) is 10.4.